The van der Waals surface area contributed by atoms with Crippen molar-refractivity contribution < 1.29 is 4.79 Å². The summed E-state index contributed by atoms with van der Waals surface area (Å²) in [5.41, 5.74) is 6.83. The Morgan fingerprint density at radius 3 is 2.77 bits per heavy atom. The molecule has 0 aliphatic rings. The van der Waals surface area contributed by atoms with Crippen LogP contribution in [0.25, 0.3) is 21.8 Å². The van der Waals surface area contributed by atoms with Gasteiger partial charge in [0.25, 0.3) is 0 Å². The number of aromatic nitrogens is 2. The van der Waals surface area contributed by atoms with Crippen molar-refractivity contribution in [2.24, 2.45) is 0 Å². The molecule has 1 amide bonds. The van der Waals surface area contributed by atoms with E-state index >= 15 is 0 Å². The molecule has 0 spiro atoms. The highest BCUT2D eigenvalue weighted by molar-refractivity contribution is 5.90. The summed E-state index contributed by atoms with van der Waals surface area (Å²) in [6.07, 6.45) is 3.26. The van der Waals surface area contributed by atoms with E-state index in [1.165, 1.54) is 16.5 Å². The van der Waals surface area contributed by atoms with Gasteiger partial charge in [0.1, 0.15) is 0 Å². The number of nitrogens with one attached hydrogen (secondary N) is 3. The summed E-state index contributed by atoms with van der Waals surface area (Å²) >= 11 is 0. The minimum Gasteiger partial charge on any atom is -0.361 e. The third kappa shape index (κ3) is 3.10. The number of benzene rings is 2. The van der Waals surface area contributed by atoms with Gasteiger partial charge in [-0.25, -0.2) is 0 Å². The number of hydrogen-bond donors (Lipinski definition) is 3. The average molecular weight is 345 g/mol. The summed E-state index contributed by atoms with van der Waals surface area (Å²) in [7, 11) is 0. The second kappa shape index (κ2) is 6.71. The third-order valence-corrected chi connectivity index (χ3v) is 5.00. The molecular weight excluding hydrogens is 322 g/mol. The normalized spacial score (nSPS) is 11.3. The van der Waals surface area contributed by atoms with Gasteiger partial charge in [0.05, 0.1) is 6.42 Å². The molecule has 4 nitrogen and oxygen atoms in total. The maximum Gasteiger partial charge on any atom is 0.224 e. The van der Waals surface area contributed by atoms with Gasteiger partial charge < -0.3 is 15.3 Å². The number of H-pyrrole nitrogens is 2. The first-order chi connectivity index (χ1) is 12.6. The van der Waals surface area contributed by atoms with Crippen LogP contribution in [0.1, 0.15) is 22.4 Å². The zero-order valence-corrected chi connectivity index (χ0v) is 15.1. The number of carbonyl (C=O) groups excluding carboxylic acids is 1. The van der Waals surface area contributed by atoms with Crippen molar-refractivity contribution in [1.29, 1.82) is 0 Å². The molecule has 4 heteroatoms. The van der Waals surface area contributed by atoms with E-state index < -0.39 is 0 Å². The van der Waals surface area contributed by atoms with Crippen molar-refractivity contribution in [1.82, 2.24) is 15.3 Å². The first kappa shape index (κ1) is 16.5. The Labute approximate surface area is 152 Å². The fraction of sp³-hybridized carbons (Fsp3) is 0.227. The minimum atomic E-state index is 0.0651. The third-order valence-electron chi connectivity index (χ3n) is 5.00. The molecule has 2 aromatic carbocycles. The molecule has 0 aliphatic heterocycles. The molecule has 2 aromatic heterocycles. The number of rotatable bonds is 5. The largest absolute Gasteiger partial charge is 0.361 e. The predicted octanol–water partition coefficient (Wildman–Crippen LogP) is 4.17. The first-order valence-corrected chi connectivity index (χ1v) is 9.01. The quantitative estimate of drug-likeness (QED) is 0.499. The monoisotopic (exact) mass is 345 g/mol. The zero-order valence-electron chi connectivity index (χ0n) is 15.1. The van der Waals surface area contributed by atoms with E-state index in [9.17, 15) is 4.79 Å². The van der Waals surface area contributed by atoms with E-state index in [1.807, 2.05) is 25.3 Å². The van der Waals surface area contributed by atoms with Crippen LogP contribution in [0.3, 0.4) is 0 Å². The predicted molar refractivity (Wildman–Crippen MR) is 106 cm³/mol. The summed E-state index contributed by atoms with van der Waals surface area (Å²) in [5, 5.41) is 5.44. The lowest BCUT2D eigenvalue weighted by Crippen LogP contribution is -2.27. The zero-order chi connectivity index (χ0) is 18.1. The summed E-state index contributed by atoms with van der Waals surface area (Å²) in [6, 6.07) is 14.6. The van der Waals surface area contributed by atoms with Gasteiger partial charge in [-0.1, -0.05) is 29.8 Å². The first-order valence-electron chi connectivity index (χ1n) is 9.01. The molecule has 2 heterocycles. The molecule has 0 atom stereocenters. The Morgan fingerprint density at radius 2 is 1.88 bits per heavy atom. The van der Waals surface area contributed by atoms with Gasteiger partial charge in [0.2, 0.25) is 5.91 Å². The SMILES string of the molecule is Cc1ccc2[nH]c(C)c(CC(=O)NCCc3c[nH]c4ccccc34)c2c1. The highest BCUT2D eigenvalue weighted by Crippen LogP contribution is 2.24. The van der Waals surface area contributed by atoms with E-state index in [4.69, 9.17) is 0 Å². The number of para-hydroxylation sites is 1. The van der Waals surface area contributed by atoms with Gasteiger partial charge in [-0.3, -0.25) is 4.79 Å². The van der Waals surface area contributed by atoms with Crippen LogP contribution >= 0.6 is 0 Å². The molecule has 0 bridgehead atoms. The van der Waals surface area contributed by atoms with Gasteiger partial charge in [0, 0.05) is 40.2 Å². The second-order valence-corrected chi connectivity index (χ2v) is 6.91. The fourth-order valence-electron chi connectivity index (χ4n) is 3.62. The highest BCUT2D eigenvalue weighted by atomic mass is 16.1. The Morgan fingerprint density at radius 1 is 1.04 bits per heavy atom. The molecule has 0 aliphatic carbocycles. The molecule has 26 heavy (non-hydrogen) atoms. The molecule has 0 unspecified atom stereocenters. The van der Waals surface area contributed by atoms with Crippen molar-refractivity contribution in [3.8, 4) is 0 Å². The minimum absolute atomic E-state index is 0.0651. The van der Waals surface area contributed by atoms with Crippen molar-refractivity contribution in [2.75, 3.05) is 6.54 Å². The van der Waals surface area contributed by atoms with E-state index in [-0.39, 0.29) is 5.91 Å². The fourth-order valence-corrected chi connectivity index (χ4v) is 3.62. The van der Waals surface area contributed by atoms with Crippen LogP contribution in [0, 0.1) is 13.8 Å². The Balaban J connectivity index is 1.42. The summed E-state index contributed by atoms with van der Waals surface area (Å²) in [5.74, 6) is 0.0651. The lowest BCUT2D eigenvalue weighted by atomic mass is 10.1. The van der Waals surface area contributed by atoms with E-state index in [2.05, 4.69) is 52.5 Å². The van der Waals surface area contributed by atoms with Gasteiger partial charge in [-0.05, 0) is 49.6 Å². The van der Waals surface area contributed by atoms with Crippen LogP contribution < -0.4 is 5.32 Å². The molecule has 0 fully saturated rings. The molecule has 4 aromatic rings. The van der Waals surface area contributed by atoms with Crippen molar-refractivity contribution in [2.45, 2.75) is 26.7 Å². The van der Waals surface area contributed by atoms with Crippen LogP contribution in [0.5, 0.6) is 0 Å². The number of amides is 1. The smallest absolute Gasteiger partial charge is 0.224 e. The summed E-state index contributed by atoms with van der Waals surface area (Å²) in [6.45, 7) is 4.75. The number of aromatic amines is 2. The standard InChI is InChI=1S/C22H23N3O/c1-14-7-8-21-19(11-14)18(15(2)25-21)12-22(26)23-10-9-16-13-24-20-6-4-3-5-17(16)20/h3-8,11,13,24-25H,9-10,12H2,1-2H3,(H,23,26). The Hall–Kier alpha value is -3.01. The molecule has 0 saturated carbocycles. The number of aryl methyl sites for hydroxylation is 2. The van der Waals surface area contributed by atoms with Gasteiger partial charge >= 0.3 is 0 Å². The van der Waals surface area contributed by atoms with Crippen LogP contribution in [0.4, 0.5) is 0 Å². The van der Waals surface area contributed by atoms with E-state index in [0.717, 1.165) is 34.1 Å². The second-order valence-electron chi connectivity index (χ2n) is 6.91. The summed E-state index contributed by atoms with van der Waals surface area (Å²) in [4.78, 5) is 19.1. The summed E-state index contributed by atoms with van der Waals surface area (Å²) < 4.78 is 0. The van der Waals surface area contributed by atoms with Gasteiger partial charge in [-0.2, -0.15) is 0 Å². The van der Waals surface area contributed by atoms with Crippen LogP contribution in [-0.4, -0.2) is 22.4 Å². The number of hydrogen-bond acceptors (Lipinski definition) is 1. The maximum atomic E-state index is 12.5. The molecule has 3 N–H and O–H groups in total. The molecule has 0 radical (unpaired) electrons. The van der Waals surface area contributed by atoms with E-state index in [0.29, 0.717) is 13.0 Å². The van der Waals surface area contributed by atoms with Crippen LogP contribution in [0.15, 0.2) is 48.7 Å². The number of carbonyl (C=O) groups is 1. The van der Waals surface area contributed by atoms with Gasteiger partial charge in [0.15, 0.2) is 0 Å². The molecule has 4 rings (SSSR count). The molecule has 0 saturated heterocycles. The van der Waals surface area contributed by atoms with Crippen LogP contribution in [0.2, 0.25) is 0 Å². The Kier molecular flexibility index (Phi) is 4.25. The van der Waals surface area contributed by atoms with Crippen molar-refractivity contribution in [3.63, 3.8) is 0 Å². The Bertz CT molecular complexity index is 1090. The molecular formula is C22H23N3O. The highest BCUT2D eigenvalue weighted by Gasteiger charge is 2.12. The van der Waals surface area contributed by atoms with Gasteiger partial charge in [-0.15, -0.1) is 0 Å². The average Bonchev–Trinajstić information content (AvgIpc) is 3.17. The number of fused-ring (bicyclic) bond motifs is 2. The lowest BCUT2D eigenvalue weighted by Gasteiger charge is -2.06. The maximum absolute atomic E-state index is 12.5. The molecule has 132 valence electrons. The van der Waals surface area contributed by atoms with E-state index in [1.54, 1.807) is 0 Å². The topological polar surface area (TPSA) is 60.7 Å². The van der Waals surface area contributed by atoms with Crippen molar-refractivity contribution >= 4 is 27.7 Å². The lowest BCUT2D eigenvalue weighted by molar-refractivity contribution is -0.120. The van der Waals surface area contributed by atoms with Crippen molar-refractivity contribution in [3.05, 3.63) is 71.0 Å². The van der Waals surface area contributed by atoms with Crippen LogP contribution in [-0.2, 0) is 17.6 Å².